The van der Waals surface area contributed by atoms with Crippen molar-refractivity contribution in [2.45, 2.75) is 25.4 Å². The van der Waals surface area contributed by atoms with Gasteiger partial charge in [-0.3, -0.25) is 9.88 Å². The van der Waals surface area contributed by atoms with Gasteiger partial charge in [-0.1, -0.05) is 18.2 Å². The molecule has 0 radical (unpaired) electrons. The number of likely N-dealkylation sites (tertiary alicyclic amines) is 1. The second-order valence-electron chi connectivity index (χ2n) is 7.98. The quantitative estimate of drug-likeness (QED) is 0.796. The summed E-state index contributed by atoms with van der Waals surface area (Å²) in [5, 5.41) is 0. The van der Waals surface area contributed by atoms with Gasteiger partial charge in [-0.15, -0.1) is 0 Å². The predicted molar refractivity (Wildman–Crippen MR) is 99.8 cm³/mol. The van der Waals surface area contributed by atoms with Gasteiger partial charge in [0.05, 0.1) is 13.2 Å². The predicted octanol–water partition coefficient (Wildman–Crippen LogP) is 3.69. The van der Waals surface area contributed by atoms with Gasteiger partial charge in [-0.25, -0.2) is 0 Å². The first kappa shape index (κ1) is 16.3. The average molecular weight is 350 g/mol. The lowest BCUT2D eigenvalue weighted by atomic mass is 9.85. The fourth-order valence-corrected chi connectivity index (χ4v) is 4.51. The van der Waals surface area contributed by atoms with Gasteiger partial charge in [0, 0.05) is 55.5 Å². The summed E-state index contributed by atoms with van der Waals surface area (Å²) in [7, 11) is 0. The zero-order chi connectivity index (χ0) is 17.3. The van der Waals surface area contributed by atoms with Gasteiger partial charge in [0.2, 0.25) is 0 Å². The minimum absolute atomic E-state index is 0.419. The smallest absolute Gasteiger partial charge is 0.124 e. The normalized spacial score (nSPS) is 27.6. The number of benzene rings is 1. The maximum absolute atomic E-state index is 6.11. The van der Waals surface area contributed by atoms with E-state index in [4.69, 9.17) is 9.47 Å². The Kier molecular flexibility index (Phi) is 4.39. The van der Waals surface area contributed by atoms with Crippen molar-refractivity contribution in [3.8, 4) is 5.75 Å². The molecule has 0 bridgehead atoms. The van der Waals surface area contributed by atoms with Crippen LogP contribution in [0.25, 0.3) is 0 Å². The van der Waals surface area contributed by atoms with E-state index in [1.54, 1.807) is 0 Å². The van der Waals surface area contributed by atoms with E-state index in [2.05, 4.69) is 46.3 Å². The largest absolute Gasteiger partial charge is 0.493 e. The van der Waals surface area contributed by atoms with Gasteiger partial charge < -0.3 is 9.47 Å². The second kappa shape index (κ2) is 7.01. The van der Waals surface area contributed by atoms with Crippen LogP contribution in [0.3, 0.4) is 0 Å². The number of hydrogen-bond donors (Lipinski definition) is 0. The molecule has 0 unspecified atom stereocenters. The SMILES string of the molecule is c1ccc2c(c1)OC[C@H]1[C@H](COCC3CC3)CN(Cc3ccncc3)[C@@H]21. The van der Waals surface area contributed by atoms with Gasteiger partial charge in [-0.2, -0.15) is 0 Å². The van der Waals surface area contributed by atoms with Crippen LogP contribution < -0.4 is 4.74 Å². The van der Waals surface area contributed by atoms with Crippen LogP contribution in [0.2, 0.25) is 0 Å². The van der Waals surface area contributed by atoms with Crippen molar-refractivity contribution < 1.29 is 9.47 Å². The summed E-state index contributed by atoms with van der Waals surface area (Å²) in [5.74, 6) is 2.91. The summed E-state index contributed by atoms with van der Waals surface area (Å²) >= 11 is 0. The Bertz CT molecular complexity index is 747. The third kappa shape index (κ3) is 3.24. The van der Waals surface area contributed by atoms with Crippen molar-refractivity contribution in [2.24, 2.45) is 17.8 Å². The molecular formula is C22H26N2O2. The summed E-state index contributed by atoms with van der Waals surface area (Å²) < 4.78 is 12.2. The van der Waals surface area contributed by atoms with Crippen LogP contribution in [0.1, 0.15) is 30.0 Å². The summed E-state index contributed by atoms with van der Waals surface area (Å²) in [6.45, 7) is 4.62. The third-order valence-electron chi connectivity index (χ3n) is 6.06. The summed E-state index contributed by atoms with van der Waals surface area (Å²) in [5.41, 5.74) is 2.66. The molecule has 0 N–H and O–H groups in total. The monoisotopic (exact) mass is 350 g/mol. The minimum atomic E-state index is 0.419. The Morgan fingerprint density at radius 1 is 1.08 bits per heavy atom. The molecule has 136 valence electrons. The van der Waals surface area contributed by atoms with E-state index in [1.807, 2.05) is 12.4 Å². The molecule has 4 heteroatoms. The molecule has 1 saturated carbocycles. The van der Waals surface area contributed by atoms with Crippen LogP contribution in [0.4, 0.5) is 0 Å². The summed E-state index contributed by atoms with van der Waals surface area (Å²) in [6, 6.07) is 13.2. The molecule has 2 fully saturated rings. The fraction of sp³-hybridized carbons (Fsp3) is 0.500. The van der Waals surface area contributed by atoms with Crippen molar-refractivity contribution in [3.63, 3.8) is 0 Å². The minimum Gasteiger partial charge on any atom is -0.493 e. The van der Waals surface area contributed by atoms with Gasteiger partial charge in [-0.05, 0) is 42.5 Å². The fourth-order valence-electron chi connectivity index (χ4n) is 4.51. The first-order valence-electron chi connectivity index (χ1n) is 9.81. The van der Waals surface area contributed by atoms with Gasteiger partial charge >= 0.3 is 0 Å². The molecule has 26 heavy (non-hydrogen) atoms. The van der Waals surface area contributed by atoms with E-state index in [0.29, 0.717) is 17.9 Å². The lowest BCUT2D eigenvalue weighted by Gasteiger charge is -2.34. The van der Waals surface area contributed by atoms with Crippen LogP contribution in [-0.2, 0) is 11.3 Å². The Morgan fingerprint density at radius 2 is 1.92 bits per heavy atom. The van der Waals surface area contributed by atoms with E-state index >= 15 is 0 Å². The van der Waals surface area contributed by atoms with E-state index < -0.39 is 0 Å². The first-order chi connectivity index (χ1) is 12.9. The van der Waals surface area contributed by atoms with Crippen LogP contribution in [-0.4, -0.2) is 36.2 Å². The zero-order valence-electron chi connectivity index (χ0n) is 15.1. The number of para-hydroxylation sites is 1. The molecule has 1 saturated heterocycles. The molecule has 1 aliphatic carbocycles. The molecule has 1 aromatic carbocycles. The molecule has 0 amide bonds. The zero-order valence-corrected chi connectivity index (χ0v) is 15.1. The molecule has 1 aromatic heterocycles. The number of hydrogen-bond acceptors (Lipinski definition) is 4. The van der Waals surface area contributed by atoms with Crippen molar-refractivity contribution in [1.82, 2.24) is 9.88 Å². The first-order valence-corrected chi connectivity index (χ1v) is 9.81. The van der Waals surface area contributed by atoms with Crippen LogP contribution in [0.5, 0.6) is 5.75 Å². The van der Waals surface area contributed by atoms with E-state index in [-0.39, 0.29) is 0 Å². The standard InChI is InChI=1S/C22H26N2O2/c1-2-4-21-19(3-1)22-20(15-26-21)18(14-25-13-17-5-6-17)12-24(22)11-16-7-9-23-10-8-16/h1-4,7-10,17-18,20,22H,5-6,11-15H2/t18-,20-,22-/m0/s1. The van der Waals surface area contributed by atoms with Gasteiger partial charge in [0.25, 0.3) is 0 Å². The molecule has 3 heterocycles. The van der Waals surface area contributed by atoms with Crippen molar-refractivity contribution >= 4 is 0 Å². The number of pyridine rings is 1. The molecule has 3 atom stereocenters. The van der Waals surface area contributed by atoms with Crippen LogP contribution in [0.15, 0.2) is 48.8 Å². The average Bonchev–Trinajstić information content (AvgIpc) is 3.44. The summed E-state index contributed by atoms with van der Waals surface area (Å²) in [6.07, 6.45) is 6.47. The van der Waals surface area contributed by atoms with Gasteiger partial charge in [0.15, 0.2) is 0 Å². The van der Waals surface area contributed by atoms with E-state index in [0.717, 1.165) is 44.6 Å². The highest BCUT2D eigenvalue weighted by Crippen LogP contribution is 2.47. The highest BCUT2D eigenvalue weighted by atomic mass is 16.5. The van der Waals surface area contributed by atoms with Gasteiger partial charge in [0.1, 0.15) is 5.75 Å². The number of aromatic nitrogens is 1. The van der Waals surface area contributed by atoms with E-state index in [1.165, 1.54) is 24.0 Å². The lowest BCUT2D eigenvalue weighted by molar-refractivity contribution is 0.0641. The number of rotatable bonds is 6. The second-order valence-corrected chi connectivity index (χ2v) is 7.98. The molecule has 0 spiro atoms. The lowest BCUT2D eigenvalue weighted by Crippen LogP contribution is -2.32. The molecule has 2 aromatic rings. The maximum Gasteiger partial charge on any atom is 0.124 e. The molecule has 3 aliphatic rings. The molecule has 4 nitrogen and oxygen atoms in total. The summed E-state index contributed by atoms with van der Waals surface area (Å²) in [4.78, 5) is 6.77. The molecular weight excluding hydrogens is 324 g/mol. The van der Waals surface area contributed by atoms with Crippen LogP contribution >= 0.6 is 0 Å². The Labute approximate surface area is 155 Å². The van der Waals surface area contributed by atoms with E-state index in [9.17, 15) is 0 Å². The number of nitrogens with zero attached hydrogens (tertiary/aromatic N) is 2. The topological polar surface area (TPSA) is 34.6 Å². The maximum atomic E-state index is 6.11. The highest BCUT2D eigenvalue weighted by molar-refractivity contribution is 5.39. The molecule has 5 rings (SSSR count). The van der Waals surface area contributed by atoms with Crippen molar-refractivity contribution in [2.75, 3.05) is 26.4 Å². The highest BCUT2D eigenvalue weighted by Gasteiger charge is 2.46. The third-order valence-corrected chi connectivity index (χ3v) is 6.06. The Hall–Kier alpha value is -1.91. The van der Waals surface area contributed by atoms with Crippen LogP contribution in [0, 0.1) is 17.8 Å². The Balaban J connectivity index is 1.38. The number of fused-ring (bicyclic) bond motifs is 3. The van der Waals surface area contributed by atoms with Crippen molar-refractivity contribution in [1.29, 1.82) is 0 Å². The van der Waals surface area contributed by atoms with Crippen molar-refractivity contribution in [3.05, 3.63) is 59.9 Å². The molecule has 2 aliphatic heterocycles. The Morgan fingerprint density at radius 3 is 2.77 bits per heavy atom. The number of ether oxygens (including phenoxy) is 2.